The van der Waals surface area contributed by atoms with Crippen LogP contribution in [0.5, 0.6) is 11.5 Å². The van der Waals surface area contributed by atoms with Crippen LogP contribution in [0.4, 0.5) is 5.69 Å². The second-order valence-electron chi connectivity index (χ2n) is 6.82. The zero-order valence-corrected chi connectivity index (χ0v) is 16.9. The van der Waals surface area contributed by atoms with Gasteiger partial charge in [0, 0.05) is 11.8 Å². The topological polar surface area (TPSA) is 71.5 Å². The van der Waals surface area contributed by atoms with E-state index < -0.39 is 0 Å². The van der Waals surface area contributed by atoms with Crippen LogP contribution < -0.4 is 10.1 Å². The molecular weight excluding hydrogens is 384 g/mol. The van der Waals surface area contributed by atoms with E-state index in [-0.39, 0.29) is 18.3 Å². The van der Waals surface area contributed by atoms with E-state index in [9.17, 15) is 9.90 Å². The van der Waals surface area contributed by atoms with Gasteiger partial charge in [-0.15, -0.1) is 11.3 Å². The summed E-state index contributed by atoms with van der Waals surface area (Å²) < 4.78 is 6.66. The number of para-hydroxylation sites is 1. The molecule has 0 radical (unpaired) electrons. The number of thiazole rings is 1. The van der Waals surface area contributed by atoms with E-state index in [1.807, 2.05) is 56.3 Å². The number of carbonyl (C=O) groups excluding carboxylic acids is 1. The Hall–Kier alpha value is -3.38. The summed E-state index contributed by atoms with van der Waals surface area (Å²) in [5.74, 6) is 0.453. The van der Waals surface area contributed by atoms with E-state index in [4.69, 9.17) is 4.74 Å². The molecule has 1 heterocycles. The van der Waals surface area contributed by atoms with Crippen molar-refractivity contribution in [2.45, 2.75) is 13.8 Å². The summed E-state index contributed by atoms with van der Waals surface area (Å²) >= 11 is 1.51. The molecule has 4 rings (SSSR count). The van der Waals surface area contributed by atoms with Crippen LogP contribution in [-0.4, -0.2) is 22.6 Å². The number of benzene rings is 3. The molecule has 5 nitrogen and oxygen atoms in total. The van der Waals surface area contributed by atoms with Crippen LogP contribution >= 0.6 is 11.3 Å². The van der Waals surface area contributed by atoms with Crippen LogP contribution in [0.2, 0.25) is 0 Å². The van der Waals surface area contributed by atoms with Crippen molar-refractivity contribution in [3.63, 3.8) is 0 Å². The Labute approximate surface area is 172 Å². The highest BCUT2D eigenvalue weighted by atomic mass is 32.1. The third kappa shape index (κ3) is 4.22. The highest BCUT2D eigenvalue weighted by Gasteiger charge is 2.12. The number of hydrogen-bond acceptors (Lipinski definition) is 5. The first kappa shape index (κ1) is 19.0. The average molecular weight is 404 g/mol. The van der Waals surface area contributed by atoms with Crippen LogP contribution in [-0.2, 0) is 4.79 Å². The second-order valence-corrected chi connectivity index (χ2v) is 7.86. The van der Waals surface area contributed by atoms with Gasteiger partial charge in [0.25, 0.3) is 5.91 Å². The zero-order valence-electron chi connectivity index (χ0n) is 16.1. The van der Waals surface area contributed by atoms with E-state index in [2.05, 4.69) is 10.3 Å². The lowest BCUT2D eigenvalue weighted by Gasteiger charge is -2.11. The molecule has 2 N–H and O–H groups in total. The number of aromatic nitrogens is 1. The van der Waals surface area contributed by atoms with Gasteiger partial charge in [0.15, 0.2) is 6.61 Å². The Balaban J connectivity index is 1.44. The molecule has 0 atom stereocenters. The van der Waals surface area contributed by atoms with Crippen molar-refractivity contribution in [3.05, 3.63) is 71.8 Å². The van der Waals surface area contributed by atoms with Gasteiger partial charge in [-0.1, -0.05) is 29.8 Å². The Kier molecular flexibility index (Phi) is 5.18. The fraction of sp³-hybridized carbons (Fsp3) is 0.130. The maximum absolute atomic E-state index is 12.2. The lowest BCUT2D eigenvalue weighted by molar-refractivity contribution is -0.118. The van der Waals surface area contributed by atoms with Crippen LogP contribution in [0.1, 0.15) is 11.1 Å². The molecule has 0 fully saturated rings. The number of carbonyl (C=O) groups is 1. The third-order valence-electron chi connectivity index (χ3n) is 4.49. The molecule has 0 spiro atoms. The number of nitrogens with zero attached hydrogens (tertiary/aromatic N) is 1. The quantitative estimate of drug-likeness (QED) is 0.473. The highest BCUT2D eigenvalue weighted by molar-refractivity contribution is 7.21. The molecule has 0 saturated heterocycles. The van der Waals surface area contributed by atoms with E-state index in [1.54, 1.807) is 12.1 Å². The number of ether oxygens (including phenoxy) is 1. The summed E-state index contributed by atoms with van der Waals surface area (Å²) in [6.45, 7) is 3.84. The van der Waals surface area contributed by atoms with Gasteiger partial charge in [-0.05, 0) is 49.7 Å². The fourth-order valence-corrected chi connectivity index (χ4v) is 4.08. The standard InChI is InChI=1S/C23H20N2O3S/c1-14-7-10-20(15(2)11-14)28-13-22(27)24-16-8-9-17(19(26)12-16)23-25-18-5-3-4-6-21(18)29-23/h3-12,26H,13H2,1-2H3,(H,24,27). The molecule has 0 saturated carbocycles. The molecule has 0 aliphatic rings. The summed E-state index contributed by atoms with van der Waals surface area (Å²) in [6.07, 6.45) is 0. The average Bonchev–Trinajstić information content (AvgIpc) is 3.11. The van der Waals surface area contributed by atoms with Gasteiger partial charge >= 0.3 is 0 Å². The first-order chi connectivity index (χ1) is 14.0. The highest BCUT2D eigenvalue weighted by Crippen LogP contribution is 2.36. The predicted octanol–water partition coefficient (Wildman–Crippen LogP) is 5.30. The van der Waals surface area contributed by atoms with Crippen molar-refractivity contribution in [2.24, 2.45) is 0 Å². The number of phenols is 1. The van der Waals surface area contributed by atoms with Gasteiger partial charge in [0.1, 0.15) is 16.5 Å². The zero-order chi connectivity index (χ0) is 20.4. The molecule has 0 bridgehead atoms. The Morgan fingerprint density at radius 3 is 2.69 bits per heavy atom. The molecular formula is C23H20N2O3S. The molecule has 0 unspecified atom stereocenters. The van der Waals surface area contributed by atoms with Crippen LogP contribution in [0.15, 0.2) is 60.7 Å². The van der Waals surface area contributed by atoms with Crippen molar-refractivity contribution < 1.29 is 14.6 Å². The molecule has 1 aromatic heterocycles. The van der Waals surface area contributed by atoms with Crippen molar-refractivity contribution in [3.8, 4) is 22.1 Å². The number of anilines is 1. The minimum Gasteiger partial charge on any atom is -0.507 e. The number of rotatable bonds is 5. The minimum atomic E-state index is -0.294. The Morgan fingerprint density at radius 1 is 1.10 bits per heavy atom. The van der Waals surface area contributed by atoms with Gasteiger partial charge in [0.2, 0.25) is 0 Å². The summed E-state index contributed by atoms with van der Waals surface area (Å²) in [5.41, 5.74) is 4.16. The molecule has 29 heavy (non-hydrogen) atoms. The third-order valence-corrected chi connectivity index (χ3v) is 5.56. The van der Waals surface area contributed by atoms with Crippen LogP contribution in [0, 0.1) is 13.8 Å². The lowest BCUT2D eigenvalue weighted by Crippen LogP contribution is -2.20. The van der Waals surface area contributed by atoms with Crippen LogP contribution in [0.3, 0.4) is 0 Å². The normalized spacial score (nSPS) is 10.8. The first-order valence-electron chi connectivity index (χ1n) is 9.18. The number of phenolic OH excluding ortho intramolecular Hbond substituents is 1. The number of hydrogen-bond donors (Lipinski definition) is 2. The van der Waals surface area contributed by atoms with Crippen molar-refractivity contribution >= 4 is 33.1 Å². The molecule has 3 aromatic carbocycles. The molecule has 4 aromatic rings. The smallest absolute Gasteiger partial charge is 0.262 e. The Bertz CT molecular complexity index is 1170. The van der Waals surface area contributed by atoms with E-state index >= 15 is 0 Å². The summed E-state index contributed by atoms with van der Waals surface area (Å²) in [4.78, 5) is 16.8. The van der Waals surface area contributed by atoms with E-state index in [1.165, 1.54) is 17.4 Å². The van der Waals surface area contributed by atoms with Crippen molar-refractivity contribution in [1.29, 1.82) is 0 Å². The van der Waals surface area contributed by atoms with Crippen molar-refractivity contribution in [1.82, 2.24) is 4.98 Å². The van der Waals surface area contributed by atoms with Gasteiger partial charge in [-0.2, -0.15) is 0 Å². The van der Waals surface area contributed by atoms with Gasteiger partial charge in [-0.3, -0.25) is 4.79 Å². The van der Waals surface area contributed by atoms with E-state index in [0.717, 1.165) is 26.4 Å². The number of aromatic hydroxyl groups is 1. The second kappa shape index (κ2) is 7.93. The van der Waals surface area contributed by atoms with Gasteiger partial charge in [0.05, 0.1) is 15.8 Å². The fourth-order valence-electron chi connectivity index (χ4n) is 3.08. The number of aryl methyl sites for hydroxylation is 2. The van der Waals surface area contributed by atoms with Gasteiger partial charge < -0.3 is 15.2 Å². The predicted molar refractivity (Wildman–Crippen MR) is 117 cm³/mol. The summed E-state index contributed by atoms with van der Waals surface area (Å²) in [6, 6.07) is 18.7. The largest absolute Gasteiger partial charge is 0.507 e. The maximum Gasteiger partial charge on any atom is 0.262 e. The summed E-state index contributed by atoms with van der Waals surface area (Å²) in [7, 11) is 0. The SMILES string of the molecule is Cc1ccc(OCC(=O)Nc2ccc(-c3nc4ccccc4s3)c(O)c2)c(C)c1. The molecule has 0 aliphatic heterocycles. The number of amides is 1. The molecule has 0 aliphatic carbocycles. The molecule has 6 heteroatoms. The number of fused-ring (bicyclic) bond motifs is 1. The molecule has 1 amide bonds. The summed E-state index contributed by atoms with van der Waals surface area (Å²) in [5, 5.41) is 13.9. The lowest BCUT2D eigenvalue weighted by atomic mass is 10.1. The van der Waals surface area contributed by atoms with E-state index in [0.29, 0.717) is 17.0 Å². The number of nitrogens with one attached hydrogen (secondary N) is 1. The molecule has 146 valence electrons. The first-order valence-corrected chi connectivity index (χ1v) is 10.00. The monoisotopic (exact) mass is 404 g/mol. The van der Waals surface area contributed by atoms with Crippen LogP contribution in [0.25, 0.3) is 20.8 Å². The Morgan fingerprint density at radius 2 is 1.93 bits per heavy atom. The minimum absolute atomic E-state index is 0.0668. The van der Waals surface area contributed by atoms with Gasteiger partial charge in [-0.25, -0.2) is 4.98 Å². The maximum atomic E-state index is 12.2. The van der Waals surface area contributed by atoms with Crippen molar-refractivity contribution in [2.75, 3.05) is 11.9 Å².